The fourth-order valence-corrected chi connectivity index (χ4v) is 1.77. The summed E-state index contributed by atoms with van der Waals surface area (Å²) in [5.41, 5.74) is -0.374. The van der Waals surface area contributed by atoms with Crippen molar-refractivity contribution in [1.29, 1.82) is 0 Å². The Morgan fingerprint density at radius 3 is 1.63 bits per heavy atom. The zero-order valence-corrected chi connectivity index (χ0v) is 14.5. The molecule has 0 aliphatic carbocycles. The Morgan fingerprint density at radius 1 is 1.00 bits per heavy atom. The van der Waals surface area contributed by atoms with Crippen LogP contribution in [0.25, 0.3) is 0 Å². The van der Waals surface area contributed by atoms with E-state index in [0.29, 0.717) is 0 Å². The average molecular weight is 313 g/mol. The first kappa shape index (κ1) is 18.7. The van der Waals surface area contributed by atoms with E-state index in [2.05, 4.69) is 9.47 Å². The summed E-state index contributed by atoms with van der Waals surface area (Å²) < 4.78 is 39.7. The van der Waals surface area contributed by atoms with Gasteiger partial charge in [0.15, 0.2) is 0 Å². The van der Waals surface area contributed by atoms with Crippen molar-refractivity contribution in [3.05, 3.63) is 29.3 Å². The van der Waals surface area contributed by atoms with Crippen molar-refractivity contribution < 1.29 is 32.0 Å². The Labute approximate surface area is 152 Å². The topological polar surface area (TPSA) is 107 Å². The van der Waals surface area contributed by atoms with Crippen molar-refractivity contribution in [2.45, 2.75) is 4.90 Å². The molecule has 0 fully saturated rings. The van der Waals surface area contributed by atoms with Crippen LogP contribution in [-0.4, -0.2) is 90.5 Å². The van der Waals surface area contributed by atoms with Crippen molar-refractivity contribution in [2.24, 2.45) is 0 Å². The number of rotatable bonds is 3. The first-order chi connectivity index (χ1) is 8.29. The molecule has 7 nitrogen and oxygen atoms in total. The van der Waals surface area contributed by atoms with Crippen molar-refractivity contribution in [1.82, 2.24) is 0 Å². The zero-order valence-electron chi connectivity index (χ0n) is 10.5. The normalized spacial score (nSPS) is 10.3. The van der Waals surface area contributed by atoms with E-state index in [1.807, 2.05) is 0 Å². The van der Waals surface area contributed by atoms with Gasteiger partial charge in [0.1, 0.15) is 0 Å². The van der Waals surface area contributed by atoms with E-state index in [1.165, 1.54) is 0 Å². The van der Waals surface area contributed by atoms with E-state index < -0.39 is 27.0 Å². The van der Waals surface area contributed by atoms with Gasteiger partial charge in [0.25, 0.3) is 10.1 Å². The third-order valence-corrected chi connectivity index (χ3v) is 2.88. The molecular formula is C10H10KO7S. The molecule has 0 bridgehead atoms. The molecule has 0 aromatic heterocycles. The van der Waals surface area contributed by atoms with Gasteiger partial charge in [-0.3, -0.25) is 4.55 Å². The zero-order chi connectivity index (χ0) is 13.9. The summed E-state index contributed by atoms with van der Waals surface area (Å²) >= 11 is 0. The Kier molecular flexibility index (Phi) is 7.36. The van der Waals surface area contributed by atoms with Crippen LogP contribution in [0, 0.1) is 0 Å². The molecule has 0 spiro atoms. The summed E-state index contributed by atoms with van der Waals surface area (Å²) in [5.74, 6) is -1.68. The molecule has 19 heavy (non-hydrogen) atoms. The molecule has 1 aromatic carbocycles. The van der Waals surface area contributed by atoms with Gasteiger partial charge in [-0.1, -0.05) is 0 Å². The molecule has 1 N–H and O–H groups in total. The second-order valence-electron chi connectivity index (χ2n) is 3.20. The van der Waals surface area contributed by atoms with Crippen LogP contribution in [-0.2, 0) is 19.6 Å². The van der Waals surface area contributed by atoms with Crippen LogP contribution in [0.5, 0.6) is 0 Å². The Hall–Kier alpha value is -0.294. The number of hydrogen-bond acceptors (Lipinski definition) is 6. The minimum absolute atomic E-state index is 0. The van der Waals surface area contributed by atoms with Gasteiger partial charge in [-0.25, -0.2) is 9.59 Å². The second kappa shape index (κ2) is 7.48. The Bertz CT molecular complexity index is 560. The molecular weight excluding hydrogens is 303 g/mol. The third kappa shape index (κ3) is 4.95. The van der Waals surface area contributed by atoms with Crippen LogP contribution in [0.15, 0.2) is 23.1 Å². The number of benzene rings is 1. The molecule has 1 radical (unpaired) electrons. The van der Waals surface area contributed by atoms with Gasteiger partial charge in [0.2, 0.25) is 0 Å². The minimum Gasteiger partial charge on any atom is -0.465 e. The summed E-state index contributed by atoms with van der Waals surface area (Å²) in [6.45, 7) is 0. The molecule has 0 heterocycles. The fourth-order valence-electron chi connectivity index (χ4n) is 1.22. The summed E-state index contributed by atoms with van der Waals surface area (Å²) in [6, 6.07) is 2.90. The van der Waals surface area contributed by atoms with Gasteiger partial charge < -0.3 is 9.47 Å². The summed E-state index contributed by atoms with van der Waals surface area (Å²) in [6.07, 6.45) is 0. The molecule has 9 heteroatoms. The maximum absolute atomic E-state index is 11.3. The quantitative estimate of drug-likeness (QED) is 0.480. The van der Waals surface area contributed by atoms with Crippen LogP contribution in [0.4, 0.5) is 0 Å². The van der Waals surface area contributed by atoms with E-state index in [1.54, 1.807) is 0 Å². The molecule has 99 valence electrons. The van der Waals surface area contributed by atoms with Crippen molar-refractivity contribution in [2.75, 3.05) is 14.2 Å². The summed E-state index contributed by atoms with van der Waals surface area (Å²) in [7, 11) is -2.35. The van der Waals surface area contributed by atoms with Crippen LogP contribution >= 0.6 is 0 Å². The Balaban J connectivity index is 0.00000324. The Morgan fingerprint density at radius 2 is 1.37 bits per heavy atom. The van der Waals surface area contributed by atoms with Gasteiger partial charge >= 0.3 is 11.9 Å². The molecule has 0 unspecified atom stereocenters. The molecule has 0 amide bonds. The molecule has 1 aromatic rings. The average Bonchev–Trinajstić information content (AvgIpc) is 2.35. The van der Waals surface area contributed by atoms with Crippen LogP contribution in [0.2, 0.25) is 0 Å². The van der Waals surface area contributed by atoms with Crippen LogP contribution in [0.3, 0.4) is 0 Å². The standard InChI is InChI=1S/C10H10O7S.K/c1-16-9(11)6-3-7(10(12)17-2)5-8(4-6)18(13,14)15;/h3-5H,1-2H3,(H,13,14,15);. The van der Waals surface area contributed by atoms with Crippen molar-refractivity contribution >= 4 is 73.4 Å². The first-order valence-corrected chi connectivity index (χ1v) is 6.03. The van der Waals surface area contributed by atoms with Crippen LogP contribution < -0.4 is 0 Å². The van der Waals surface area contributed by atoms with Gasteiger partial charge in [0.05, 0.1) is 30.2 Å². The number of methoxy groups -OCH3 is 2. The number of hydrogen-bond donors (Lipinski definition) is 1. The largest absolute Gasteiger partial charge is 0.465 e. The summed E-state index contributed by atoms with van der Waals surface area (Å²) in [5, 5.41) is 0. The predicted octanol–water partition coefficient (Wildman–Crippen LogP) is 0.126. The van der Waals surface area contributed by atoms with Crippen molar-refractivity contribution in [3.63, 3.8) is 0 Å². The van der Waals surface area contributed by atoms with E-state index in [-0.39, 0.29) is 62.5 Å². The maximum Gasteiger partial charge on any atom is 0.337 e. The van der Waals surface area contributed by atoms with E-state index in [9.17, 15) is 18.0 Å². The first-order valence-electron chi connectivity index (χ1n) is 4.59. The monoisotopic (exact) mass is 313 g/mol. The third-order valence-electron chi connectivity index (χ3n) is 2.05. The van der Waals surface area contributed by atoms with Gasteiger partial charge in [-0.15, -0.1) is 0 Å². The van der Waals surface area contributed by atoms with Gasteiger partial charge in [-0.2, -0.15) is 8.42 Å². The van der Waals surface area contributed by atoms with E-state index >= 15 is 0 Å². The predicted molar refractivity (Wildman–Crippen MR) is 64.7 cm³/mol. The molecule has 0 saturated carbocycles. The molecule has 1 rings (SSSR count). The van der Waals surface area contributed by atoms with E-state index in [0.717, 1.165) is 32.4 Å². The fraction of sp³-hybridized carbons (Fsp3) is 0.200. The smallest absolute Gasteiger partial charge is 0.337 e. The summed E-state index contributed by atoms with van der Waals surface area (Å²) in [4.78, 5) is 22.0. The number of carbonyl (C=O) groups is 2. The van der Waals surface area contributed by atoms with Gasteiger partial charge in [0, 0.05) is 51.4 Å². The number of ether oxygens (including phenoxy) is 2. The van der Waals surface area contributed by atoms with Crippen molar-refractivity contribution in [3.8, 4) is 0 Å². The number of carbonyl (C=O) groups excluding carboxylic acids is 2. The van der Waals surface area contributed by atoms with Crippen LogP contribution in [0.1, 0.15) is 20.7 Å². The van der Waals surface area contributed by atoms with E-state index in [4.69, 9.17) is 4.55 Å². The molecule has 0 aliphatic rings. The minimum atomic E-state index is -4.55. The molecule has 0 atom stereocenters. The molecule has 0 aliphatic heterocycles. The second-order valence-corrected chi connectivity index (χ2v) is 4.63. The SMILES string of the molecule is COC(=O)c1cc(C(=O)OC)cc(S(=O)(=O)O)c1.[K]. The van der Waals surface area contributed by atoms with Gasteiger partial charge in [-0.05, 0) is 18.2 Å². The molecule has 0 saturated heterocycles. The number of esters is 2. The maximum atomic E-state index is 11.3.